The van der Waals surface area contributed by atoms with Gasteiger partial charge in [-0.15, -0.1) is 0 Å². The maximum absolute atomic E-state index is 13.6. The molecule has 2 aliphatic heterocycles. The fourth-order valence-electron chi connectivity index (χ4n) is 4.37. The fraction of sp³-hybridized carbons (Fsp3) is 0.320. The Bertz CT molecular complexity index is 1480. The molecule has 0 radical (unpaired) electrons. The third-order valence-corrected chi connectivity index (χ3v) is 7.34. The second-order valence-electron chi connectivity index (χ2n) is 8.90. The molecule has 0 spiro atoms. The molecule has 2 aromatic carbocycles. The minimum Gasteiger partial charge on any atom is -0.394 e. The fourth-order valence-corrected chi connectivity index (χ4v) is 5.38. The molecular formula is C25H20F6N4O3S. The normalized spacial score (nSPS) is 19.8. The number of morpholine rings is 1. The Morgan fingerprint density at radius 1 is 1.10 bits per heavy atom. The predicted molar refractivity (Wildman–Crippen MR) is 132 cm³/mol. The van der Waals surface area contributed by atoms with Gasteiger partial charge in [-0.2, -0.15) is 36.4 Å². The number of hydrogen-bond acceptors (Lipinski definition) is 6. The van der Waals surface area contributed by atoms with Crippen molar-refractivity contribution >= 4 is 39.8 Å². The molecule has 0 unspecified atom stereocenters. The lowest BCUT2D eigenvalue weighted by Crippen LogP contribution is -2.49. The van der Waals surface area contributed by atoms with Crippen molar-refractivity contribution in [2.45, 2.75) is 24.9 Å². The van der Waals surface area contributed by atoms with Crippen LogP contribution in [0.1, 0.15) is 22.3 Å². The van der Waals surface area contributed by atoms with Crippen LogP contribution in [0.15, 0.2) is 52.5 Å². The number of carbonyl (C=O) groups excluding carboxylic acids is 1. The Morgan fingerprint density at radius 2 is 1.90 bits per heavy atom. The van der Waals surface area contributed by atoms with E-state index in [0.717, 1.165) is 6.07 Å². The quantitative estimate of drug-likeness (QED) is 0.359. The van der Waals surface area contributed by atoms with Crippen molar-refractivity contribution in [3.63, 3.8) is 0 Å². The first-order valence-electron chi connectivity index (χ1n) is 11.6. The number of halogens is 6. The molecule has 3 heterocycles. The molecule has 0 saturated carbocycles. The number of aliphatic imine (C=N–C) groups is 1. The summed E-state index contributed by atoms with van der Waals surface area (Å²) in [5.41, 5.74) is -2.02. The van der Waals surface area contributed by atoms with E-state index in [1.807, 2.05) is 4.90 Å². The molecule has 14 heteroatoms. The topological polar surface area (TPSA) is 80.0 Å². The third-order valence-electron chi connectivity index (χ3n) is 6.32. The molecule has 2 aliphatic rings. The van der Waals surface area contributed by atoms with E-state index in [4.69, 9.17) is 4.74 Å². The number of fused-ring (bicyclic) bond motifs is 1. The summed E-state index contributed by atoms with van der Waals surface area (Å²) in [7, 11) is 0. The summed E-state index contributed by atoms with van der Waals surface area (Å²) in [5, 5.41) is 14.8. The van der Waals surface area contributed by atoms with Crippen molar-refractivity contribution in [3.8, 4) is 0 Å². The molecular weight excluding hydrogens is 550 g/mol. The van der Waals surface area contributed by atoms with Crippen LogP contribution in [0.3, 0.4) is 0 Å². The van der Waals surface area contributed by atoms with Gasteiger partial charge >= 0.3 is 12.4 Å². The molecule has 1 atom stereocenters. The molecule has 1 saturated heterocycles. The lowest BCUT2D eigenvalue weighted by molar-refractivity contribution is -0.143. The molecule has 1 N–H and O–H groups in total. The summed E-state index contributed by atoms with van der Waals surface area (Å²) in [6.45, 7) is 0.706. The first-order valence-corrected chi connectivity index (χ1v) is 12.5. The van der Waals surface area contributed by atoms with Gasteiger partial charge < -0.3 is 14.7 Å². The van der Waals surface area contributed by atoms with E-state index < -0.39 is 35.9 Å². The summed E-state index contributed by atoms with van der Waals surface area (Å²) in [6, 6.07) is 6.20. The second-order valence-corrected chi connectivity index (χ2v) is 9.91. The van der Waals surface area contributed by atoms with Crippen LogP contribution in [0, 0.1) is 0 Å². The summed E-state index contributed by atoms with van der Waals surface area (Å²) in [5.74, 6) is -0.434. The molecule has 0 aliphatic carbocycles. The number of rotatable bonds is 4. The minimum absolute atomic E-state index is 0.109. The lowest BCUT2D eigenvalue weighted by atomic mass is 10.0. The average molecular weight is 571 g/mol. The number of nitrogens with zero attached hydrogens (tertiary/aromatic N) is 4. The number of hydrogen-bond donors (Lipinski definition) is 1. The van der Waals surface area contributed by atoms with Gasteiger partial charge in [0.15, 0.2) is 5.17 Å². The number of aromatic nitrogens is 2. The van der Waals surface area contributed by atoms with Crippen LogP contribution in [0.4, 0.5) is 26.3 Å². The first kappa shape index (κ1) is 27.2. The smallest absolute Gasteiger partial charge is 0.394 e. The van der Waals surface area contributed by atoms with Gasteiger partial charge in [-0.25, -0.2) is 0 Å². The Labute approximate surface area is 221 Å². The van der Waals surface area contributed by atoms with Crippen molar-refractivity contribution in [1.29, 1.82) is 0 Å². The van der Waals surface area contributed by atoms with Gasteiger partial charge in [-0.05, 0) is 53.2 Å². The number of ether oxygens (including phenoxy) is 1. The molecule has 1 fully saturated rings. The number of aliphatic hydroxyl groups excluding tert-OH is 1. The SMILES string of the molecule is O=C1N=C(N2CCOC[C@H]2CO)S/C1=C\c1ccc2c(cnn2Cc2ccc(C(F)(F)F)cc2C(F)(F)F)c1. The summed E-state index contributed by atoms with van der Waals surface area (Å²) >= 11 is 1.17. The largest absolute Gasteiger partial charge is 0.416 e. The molecule has 206 valence electrons. The standard InChI is InChI=1S/C25H20F6N4O3S/c26-24(27,28)17-3-2-15(19(9-17)25(29,30)31)11-35-20-4-1-14(7-16(20)10-32-35)8-21-22(37)33-23(39-21)34-5-6-38-13-18(34)12-36/h1-4,7-10,18,36H,5-6,11-13H2/b21-8-/t18-/m1/s1. The molecule has 1 amide bonds. The zero-order valence-corrected chi connectivity index (χ0v) is 20.8. The van der Waals surface area contributed by atoms with Crippen LogP contribution in [-0.2, 0) is 28.4 Å². The number of carbonyl (C=O) groups is 1. The van der Waals surface area contributed by atoms with E-state index in [1.54, 1.807) is 24.3 Å². The highest BCUT2D eigenvalue weighted by Crippen LogP contribution is 2.38. The maximum atomic E-state index is 13.6. The number of thioether (sulfide) groups is 1. The second kappa shape index (κ2) is 10.3. The highest BCUT2D eigenvalue weighted by molar-refractivity contribution is 8.18. The summed E-state index contributed by atoms with van der Waals surface area (Å²) < 4.78 is 86.3. The third kappa shape index (κ3) is 5.68. The van der Waals surface area contributed by atoms with Gasteiger partial charge in [-0.3, -0.25) is 9.48 Å². The van der Waals surface area contributed by atoms with Gasteiger partial charge in [0.05, 0.1) is 60.2 Å². The van der Waals surface area contributed by atoms with Crippen LogP contribution >= 0.6 is 11.8 Å². The number of amides is 1. The molecule has 39 heavy (non-hydrogen) atoms. The van der Waals surface area contributed by atoms with E-state index in [0.29, 0.717) is 52.4 Å². The Hall–Kier alpha value is -3.36. The first-order chi connectivity index (χ1) is 18.4. The van der Waals surface area contributed by atoms with Gasteiger partial charge in [0.25, 0.3) is 5.91 Å². The monoisotopic (exact) mass is 570 g/mol. The zero-order valence-electron chi connectivity index (χ0n) is 20.0. The number of alkyl halides is 6. The van der Waals surface area contributed by atoms with Gasteiger partial charge in [0.2, 0.25) is 0 Å². The van der Waals surface area contributed by atoms with Crippen LogP contribution < -0.4 is 0 Å². The molecule has 3 aromatic rings. The number of aliphatic hydroxyl groups is 1. The molecule has 1 aromatic heterocycles. The lowest BCUT2D eigenvalue weighted by Gasteiger charge is -2.35. The van der Waals surface area contributed by atoms with E-state index >= 15 is 0 Å². The van der Waals surface area contributed by atoms with Crippen LogP contribution in [-0.4, -0.2) is 63.3 Å². The van der Waals surface area contributed by atoms with E-state index in [2.05, 4.69) is 10.1 Å². The van der Waals surface area contributed by atoms with Gasteiger partial charge in [0.1, 0.15) is 0 Å². The van der Waals surface area contributed by atoms with Crippen molar-refractivity contribution in [1.82, 2.24) is 14.7 Å². The van der Waals surface area contributed by atoms with Crippen molar-refractivity contribution in [3.05, 3.63) is 69.8 Å². The molecule has 0 bridgehead atoms. The maximum Gasteiger partial charge on any atom is 0.416 e. The highest BCUT2D eigenvalue weighted by Gasteiger charge is 2.38. The van der Waals surface area contributed by atoms with Crippen molar-refractivity contribution < 1.29 is 41.0 Å². The van der Waals surface area contributed by atoms with E-state index in [9.17, 15) is 36.2 Å². The number of amidine groups is 1. The average Bonchev–Trinajstić information content (AvgIpc) is 3.45. The van der Waals surface area contributed by atoms with Crippen LogP contribution in [0.25, 0.3) is 17.0 Å². The Morgan fingerprint density at radius 3 is 2.62 bits per heavy atom. The van der Waals surface area contributed by atoms with E-state index in [1.165, 1.54) is 22.6 Å². The minimum atomic E-state index is -4.98. The van der Waals surface area contributed by atoms with Crippen LogP contribution in [0.5, 0.6) is 0 Å². The van der Waals surface area contributed by atoms with Crippen molar-refractivity contribution in [2.75, 3.05) is 26.4 Å². The summed E-state index contributed by atoms with van der Waals surface area (Å²) in [6.07, 6.45) is -6.83. The highest BCUT2D eigenvalue weighted by atomic mass is 32.2. The van der Waals surface area contributed by atoms with Crippen LogP contribution in [0.2, 0.25) is 0 Å². The number of benzene rings is 2. The van der Waals surface area contributed by atoms with E-state index in [-0.39, 0.29) is 24.3 Å². The van der Waals surface area contributed by atoms with Gasteiger partial charge in [-0.1, -0.05) is 12.1 Å². The zero-order chi connectivity index (χ0) is 27.9. The van der Waals surface area contributed by atoms with Crippen molar-refractivity contribution in [2.24, 2.45) is 4.99 Å². The predicted octanol–water partition coefficient (Wildman–Crippen LogP) is 4.79. The van der Waals surface area contributed by atoms with Gasteiger partial charge in [0, 0.05) is 11.9 Å². The summed E-state index contributed by atoms with van der Waals surface area (Å²) in [4.78, 5) is 18.8. The molecule has 5 rings (SSSR count). The Balaban J connectivity index is 1.38. The molecule has 7 nitrogen and oxygen atoms in total. The Kier molecular flexibility index (Phi) is 7.20.